The van der Waals surface area contributed by atoms with E-state index >= 15 is 0 Å². The maximum Gasteiger partial charge on any atom is 0.430 e. The van der Waals surface area contributed by atoms with Crippen molar-refractivity contribution in [1.29, 1.82) is 0 Å². The number of nitrogens with one attached hydrogen (secondary N) is 1. The lowest BCUT2D eigenvalue weighted by Gasteiger charge is -2.37. The SMILES string of the molecule is O=C(NC[C@](Cc1ccccc1)(c1cc(F)cc(C(F)(F)F)c1)c1ccc(F)cn1)C(O)(c1ccccc1)C(F)(F)F. The van der Waals surface area contributed by atoms with Gasteiger partial charge in [-0.3, -0.25) is 9.78 Å². The summed E-state index contributed by atoms with van der Waals surface area (Å²) in [6.45, 7) is -0.897. The van der Waals surface area contributed by atoms with Gasteiger partial charge in [-0.2, -0.15) is 26.3 Å². The Morgan fingerprint density at radius 3 is 1.88 bits per heavy atom. The highest BCUT2D eigenvalue weighted by Crippen LogP contribution is 2.41. The molecule has 1 aromatic heterocycles. The van der Waals surface area contributed by atoms with E-state index in [0.29, 0.717) is 11.6 Å². The Labute approximate surface area is 234 Å². The van der Waals surface area contributed by atoms with E-state index in [1.165, 1.54) is 18.2 Å². The van der Waals surface area contributed by atoms with Crippen LogP contribution in [0, 0.1) is 11.6 Å². The van der Waals surface area contributed by atoms with Gasteiger partial charge in [-0.1, -0.05) is 60.7 Å². The van der Waals surface area contributed by atoms with Gasteiger partial charge in [-0.25, -0.2) is 8.78 Å². The number of pyridine rings is 1. The van der Waals surface area contributed by atoms with Gasteiger partial charge in [0, 0.05) is 12.1 Å². The van der Waals surface area contributed by atoms with Gasteiger partial charge in [0.1, 0.15) is 11.6 Å². The summed E-state index contributed by atoms with van der Waals surface area (Å²) in [5.74, 6) is -4.09. The maximum absolute atomic E-state index is 14.7. The van der Waals surface area contributed by atoms with Crippen molar-refractivity contribution in [2.45, 2.75) is 29.8 Å². The Morgan fingerprint density at radius 1 is 0.738 bits per heavy atom. The molecule has 42 heavy (non-hydrogen) atoms. The molecule has 0 spiro atoms. The third kappa shape index (κ3) is 6.13. The fraction of sp³-hybridized carbons (Fsp3) is 0.200. The molecular weight excluding hydrogens is 572 g/mol. The second-order valence-electron chi connectivity index (χ2n) is 9.59. The molecule has 0 aliphatic carbocycles. The molecule has 0 aliphatic heterocycles. The van der Waals surface area contributed by atoms with Crippen molar-refractivity contribution in [1.82, 2.24) is 10.3 Å². The van der Waals surface area contributed by atoms with Crippen LogP contribution in [0.25, 0.3) is 0 Å². The van der Waals surface area contributed by atoms with E-state index in [0.717, 1.165) is 36.5 Å². The van der Waals surface area contributed by atoms with Crippen LogP contribution in [0.15, 0.2) is 97.2 Å². The van der Waals surface area contributed by atoms with Crippen LogP contribution in [-0.2, 0) is 28.4 Å². The van der Waals surface area contributed by atoms with Crippen LogP contribution in [0.2, 0.25) is 0 Å². The first-order valence-electron chi connectivity index (χ1n) is 12.3. The number of carbonyl (C=O) groups is 1. The summed E-state index contributed by atoms with van der Waals surface area (Å²) >= 11 is 0. The van der Waals surface area contributed by atoms with E-state index in [1.807, 2.05) is 5.32 Å². The second-order valence-corrected chi connectivity index (χ2v) is 9.59. The minimum Gasteiger partial charge on any atom is -0.369 e. The smallest absolute Gasteiger partial charge is 0.369 e. The number of hydrogen-bond acceptors (Lipinski definition) is 3. The highest BCUT2D eigenvalue weighted by atomic mass is 19.4. The van der Waals surface area contributed by atoms with Crippen LogP contribution >= 0.6 is 0 Å². The van der Waals surface area contributed by atoms with E-state index in [-0.39, 0.29) is 18.2 Å². The van der Waals surface area contributed by atoms with Crippen molar-refractivity contribution in [2.24, 2.45) is 0 Å². The van der Waals surface area contributed by atoms with Gasteiger partial charge in [0.2, 0.25) is 0 Å². The van der Waals surface area contributed by atoms with E-state index in [9.17, 15) is 45.0 Å². The lowest BCUT2D eigenvalue weighted by molar-refractivity contribution is -0.257. The number of rotatable bonds is 8. The van der Waals surface area contributed by atoms with E-state index in [1.54, 1.807) is 30.3 Å². The molecule has 1 unspecified atom stereocenters. The summed E-state index contributed by atoms with van der Waals surface area (Å²) in [6, 6.07) is 17.0. The number of aliphatic hydroxyl groups is 1. The number of benzene rings is 3. The summed E-state index contributed by atoms with van der Waals surface area (Å²) in [5.41, 5.74) is -8.41. The average Bonchev–Trinajstić information content (AvgIpc) is 2.94. The Balaban J connectivity index is 1.92. The summed E-state index contributed by atoms with van der Waals surface area (Å²) in [4.78, 5) is 17.2. The van der Waals surface area contributed by atoms with Gasteiger partial charge in [-0.05, 0) is 47.9 Å². The molecule has 4 rings (SSSR count). The molecule has 0 saturated heterocycles. The molecule has 3 aromatic carbocycles. The van der Waals surface area contributed by atoms with Crippen molar-refractivity contribution in [2.75, 3.05) is 6.54 Å². The van der Waals surface area contributed by atoms with Crippen molar-refractivity contribution >= 4 is 5.91 Å². The van der Waals surface area contributed by atoms with Gasteiger partial charge in [0.05, 0.1) is 22.9 Å². The molecule has 0 radical (unpaired) electrons. The normalized spacial score (nSPS) is 15.0. The largest absolute Gasteiger partial charge is 0.430 e. The second kappa shape index (κ2) is 11.5. The summed E-state index contributed by atoms with van der Waals surface area (Å²) in [6.07, 6.45) is -10.1. The van der Waals surface area contributed by atoms with Gasteiger partial charge in [0.15, 0.2) is 0 Å². The number of amides is 1. The summed E-state index contributed by atoms with van der Waals surface area (Å²) in [7, 11) is 0. The molecule has 0 fully saturated rings. The third-order valence-corrected chi connectivity index (χ3v) is 6.83. The fourth-order valence-electron chi connectivity index (χ4n) is 4.69. The molecule has 2 N–H and O–H groups in total. The molecule has 0 aliphatic rings. The van der Waals surface area contributed by atoms with Gasteiger partial charge in [-0.15, -0.1) is 0 Å². The first-order chi connectivity index (χ1) is 19.7. The highest BCUT2D eigenvalue weighted by Gasteiger charge is 2.61. The average molecular weight is 595 g/mol. The summed E-state index contributed by atoms with van der Waals surface area (Å²) < 4.78 is 112. The zero-order valence-electron chi connectivity index (χ0n) is 21.5. The monoisotopic (exact) mass is 594 g/mol. The van der Waals surface area contributed by atoms with Crippen molar-refractivity contribution in [3.8, 4) is 0 Å². The minimum atomic E-state index is -5.52. The molecule has 1 amide bonds. The van der Waals surface area contributed by atoms with Crippen LogP contribution in [0.1, 0.15) is 27.9 Å². The molecule has 4 nitrogen and oxygen atoms in total. The molecule has 2 atom stereocenters. The predicted molar refractivity (Wildman–Crippen MR) is 136 cm³/mol. The Hall–Kier alpha value is -4.32. The lowest BCUT2D eigenvalue weighted by Crippen LogP contribution is -2.57. The highest BCUT2D eigenvalue weighted by molar-refractivity contribution is 5.87. The number of aromatic nitrogens is 1. The lowest BCUT2D eigenvalue weighted by atomic mass is 9.72. The standard InChI is InChI=1S/C30H22F8N2O2/c31-23-11-12-25(39-17-23)27(16-19-7-3-1-4-8-19,21-13-22(29(33,34)35)15-24(32)14-21)18-40-26(41)28(42,30(36,37)38)20-9-5-2-6-10-20/h1-15,17,42H,16,18H2,(H,40,41)/t27-,28?/m1/s1. The third-order valence-electron chi connectivity index (χ3n) is 6.83. The number of hydrogen-bond donors (Lipinski definition) is 2. The topological polar surface area (TPSA) is 62.2 Å². The van der Waals surface area contributed by atoms with Crippen molar-refractivity contribution in [3.63, 3.8) is 0 Å². The molecular formula is C30H22F8N2O2. The first kappa shape index (κ1) is 30.6. The predicted octanol–water partition coefficient (Wildman–Crippen LogP) is 6.47. The maximum atomic E-state index is 14.7. The van der Waals surface area contributed by atoms with Crippen LogP contribution in [0.3, 0.4) is 0 Å². The Kier molecular flexibility index (Phi) is 8.40. The molecule has 220 valence electrons. The van der Waals surface area contributed by atoms with E-state index in [2.05, 4.69) is 4.98 Å². The summed E-state index contributed by atoms with van der Waals surface area (Å²) in [5, 5.41) is 12.8. The van der Waals surface area contributed by atoms with Crippen molar-refractivity contribution in [3.05, 3.63) is 137 Å². The van der Waals surface area contributed by atoms with Gasteiger partial charge < -0.3 is 10.4 Å². The quantitative estimate of drug-likeness (QED) is 0.230. The number of halogens is 8. The molecule has 0 bridgehead atoms. The minimum absolute atomic E-state index is 0.179. The Morgan fingerprint density at radius 2 is 1.33 bits per heavy atom. The fourth-order valence-corrected chi connectivity index (χ4v) is 4.69. The first-order valence-corrected chi connectivity index (χ1v) is 12.3. The zero-order chi connectivity index (χ0) is 30.8. The molecule has 4 aromatic rings. The zero-order valence-corrected chi connectivity index (χ0v) is 21.5. The Bertz CT molecular complexity index is 1530. The number of nitrogens with zero attached hydrogens (tertiary/aromatic N) is 1. The van der Waals surface area contributed by atoms with Crippen molar-refractivity contribution < 1.29 is 45.0 Å². The van der Waals surface area contributed by atoms with E-state index in [4.69, 9.17) is 0 Å². The molecule has 1 heterocycles. The van der Waals surface area contributed by atoms with Crippen LogP contribution < -0.4 is 5.32 Å². The van der Waals surface area contributed by atoms with Gasteiger partial charge >= 0.3 is 12.4 Å². The molecule has 0 saturated carbocycles. The number of alkyl halides is 6. The van der Waals surface area contributed by atoms with Gasteiger partial charge in [0.25, 0.3) is 11.5 Å². The van der Waals surface area contributed by atoms with Crippen LogP contribution in [0.4, 0.5) is 35.1 Å². The number of carbonyl (C=O) groups excluding carboxylic acids is 1. The molecule has 12 heteroatoms. The van der Waals surface area contributed by atoms with Crippen LogP contribution in [-0.4, -0.2) is 28.7 Å². The van der Waals surface area contributed by atoms with E-state index < -0.39 is 64.1 Å². The van der Waals surface area contributed by atoms with Crippen LogP contribution in [0.5, 0.6) is 0 Å².